The van der Waals surface area contributed by atoms with Crippen molar-refractivity contribution in [3.8, 4) is 44.8 Å². The molecule has 5 aliphatic rings. The topological polar surface area (TPSA) is 195 Å². The molecule has 5 N–H and O–H groups in total. The SMILES string of the molecule is COC(=O)N[C@H](C(=O)N1[C@H](c2ncc(-c3ccc4c(c3)-c3ccc(-c5cnc([C@@H]6C[C@@H]7CCC[C@@H]7N6C(=O)[C@@H](NC(=O)OC)[C@@H](C)O)[nH]5)cc3-4)[nH]2)C[C@@H]2CCC[C@@H]21)C(C)C. The van der Waals surface area contributed by atoms with Gasteiger partial charge >= 0.3 is 12.2 Å². The number of aromatic nitrogens is 4. The van der Waals surface area contributed by atoms with Crippen LogP contribution in [0.1, 0.15) is 95.9 Å². The fraction of sp³-hybridized carbons (Fsp3) is 0.511. The largest absolute Gasteiger partial charge is 0.453 e. The number of fused-ring (bicyclic) bond motifs is 6. The number of nitrogens with zero attached hydrogens (tertiary/aromatic N) is 4. The van der Waals surface area contributed by atoms with Gasteiger partial charge in [0.05, 0.1) is 56.2 Å². The Bertz CT molecular complexity index is 2140. The number of alkyl carbamates (subject to hydrolysis) is 2. The summed E-state index contributed by atoms with van der Waals surface area (Å²) in [7, 11) is 2.54. The number of rotatable bonds is 10. The number of hydrogen-bond donors (Lipinski definition) is 5. The molecule has 2 saturated heterocycles. The van der Waals surface area contributed by atoms with Gasteiger partial charge in [0.25, 0.3) is 0 Å². The smallest absolute Gasteiger partial charge is 0.407 e. The van der Waals surface area contributed by atoms with Crippen molar-refractivity contribution in [1.29, 1.82) is 0 Å². The van der Waals surface area contributed by atoms with Crippen LogP contribution in [-0.2, 0) is 19.1 Å². The average molecular weight is 819 g/mol. The monoisotopic (exact) mass is 818 g/mol. The van der Waals surface area contributed by atoms with E-state index < -0.39 is 30.4 Å². The molecule has 4 aromatic rings. The molecule has 316 valence electrons. The van der Waals surface area contributed by atoms with Gasteiger partial charge in [0, 0.05) is 23.2 Å². The lowest BCUT2D eigenvalue weighted by atomic mass is 9.78. The minimum atomic E-state index is -1.13. The van der Waals surface area contributed by atoms with Crippen molar-refractivity contribution in [2.75, 3.05) is 14.2 Å². The third-order valence-corrected chi connectivity index (χ3v) is 13.8. The molecule has 0 bridgehead atoms. The van der Waals surface area contributed by atoms with Crippen molar-refractivity contribution in [1.82, 2.24) is 40.4 Å². The molecule has 2 saturated carbocycles. The summed E-state index contributed by atoms with van der Waals surface area (Å²) >= 11 is 0. The Labute approximate surface area is 349 Å². The van der Waals surface area contributed by atoms with Gasteiger partial charge in [0.2, 0.25) is 11.8 Å². The molecule has 60 heavy (non-hydrogen) atoms. The summed E-state index contributed by atoms with van der Waals surface area (Å²) in [5.74, 6) is 1.63. The molecule has 4 heterocycles. The van der Waals surface area contributed by atoms with E-state index >= 15 is 0 Å². The number of hydrogen-bond acceptors (Lipinski definition) is 9. The van der Waals surface area contributed by atoms with E-state index in [1.807, 2.05) is 36.0 Å². The molecule has 2 aliphatic heterocycles. The first kappa shape index (κ1) is 39.7. The molecule has 3 aliphatic carbocycles. The number of carbonyl (C=O) groups excluding carboxylic acids is 4. The Balaban J connectivity index is 0.925. The van der Waals surface area contributed by atoms with Crippen molar-refractivity contribution in [3.05, 3.63) is 60.4 Å². The number of imidazole rings is 2. The maximum Gasteiger partial charge on any atom is 0.407 e. The third-order valence-electron chi connectivity index (χ3n) is 13.8. The first-order valence-electron chi connectivity index (χ1n) is 21.4. The number of aliphatic hydroxyl groups is 1. The number of H-pyrrole nitrogens is 2. The molecule has 15 nitrogen and oxygen atoms in total. The van der Waals surface area contributed by atoms with Crippen LogP contribution in [0.15, 0.2) is 48.8 Å². The molecule has 2 aromatic heterocycles. The normalized spacial score (nSPS) is 25.1. The second kappa shape index (κ2) is 15.7. The number of carbonyl (C=O) groups is 4. The van der Waals surface area contributed by atoms with E-state index in [4.69, 9.17) is 19.4 Å². The van der Waals surface area contributed by atoms with Crippen LogP contribution in [0.2, 0.25) is 0 Å². The van der Waals surface area contributed by atoms with Gasteiger partial charge in [-0.05, 0) is 97.6 Å². The molecule has 15 heteroatoms. The zero-order valence-corrected chi connectivity index (χ0v) is 34.7. The summed E-state index contributed by atoms with van der Waals surface area (Å²) in [6, 6.07) is 10.6. The lowest BCUT2D eigenvalue weighted by molar-refractivity contribution is -0.139. The van der Waals surface area contributed by atoms with Crippen molar-refractivity contribution < 1.29 is 33.8 Å². The van der Waals surface area contributed by atoms with E-state index in [1.165, 1.54) is 21.1 Å². The minimum Gasteiger partial charge on any atom is -0.453 e. The van der Waals surface area contributed by atoms with E-state index in [1.54, 1.807) is 0 Å². The molecular weight excluding hydrogens is 765 g/mol. The highest BCUT2D eigenvalue weighted by molar-refractivity contribution is 6.04. The summed E-state index contributed by atoms with van der Waals surface area (Å²) in [6.45, 7) is 5.36. The van der Waals surface area contributed by atoms with Crippen molar-refractivity contribution in [2.45, 2.75) is 114 Å². The average Bonchev–Trinajstić information content (AvgIpc) is 4.09. The Kier molecular flexibility index (Phi) is 10.4. The minimum absolute atomic E-state index is 0.0172. The van der Waals surface area contributed by atoms with Gasteiger partial charge in [-0.1, -0.05) is 51.0 Å². The summed E-state index contributed by atoms with van der Waals surface area (Å²) in [4.78, 5) is 73.0. The summed E-state index contributed by atoms with van der Waals surface area (Å²) in [6.07, 6.45) is 8.80. The molecule has 4 amide bonds. The van der Waals surface area contributed by atoms with Crippen LogP contribution in [0.3, 0.4) is 0 Å². The summed E-state index contributed by atoms with van der Waals surface area (Å²) in [5, 5.41) is 15.8. The van der Waals surface area contributed by atoms with Crippen LogP contribution in [0.25, 0.3) is 44.8 Å². The van der Waals surface area contributed by atoms with Gasteiger partial charge in [-0.2, -0.15) is 0 Å². The number of aromatic amines is 2. The van der Waals surface area contributed by atoms with Gasteiger partial charge in [0.1, 0.15) is 23.7 Å². The molecule has 0 radical (unpaired) electrons. The lowest BCUT2D eigenvalue weighted by Crippen LogP contribution is -2.55. The number of likely N-dealkylation sites (tertiary alicyclic amines) is 2. The van der Waals surface area contributed by atoms with Crippen LogP contribution in [0.4, 0.5) is 9.59 Å². The van der Waals surface area contributed by atoms with Gasteiger partial charge < -0.3 is 45.0 Å². The Hall–Kier alpha value is -5.70. The Morgan fingerprint density at radius 3 is 1.57 bits per heavy atom. The highest BCUT2D eigenvalue weighted by Gasteiger charge is 2.51. The first-order valence-corrected chi connectivity index (χ1v) is 21.4. The predicted octanol–water partition coefficient (Wildman–Crippen LogP) is 6.48. The van der Waals surface area contributed by atoms with Gasteiger partial charge in [-0.15, -0.1) is 0 Å². The zero-order valence-electron chi connectivity index (χ0n) is 34.7. The maximum atomic E-state index is 14.2. The van der Waals surface area contributed by atoms with Crippen LogP contribution in [-0.4, -0.2) is 103 Å². The van der Waals surface area contributed by atoms with E-state index in [9.17, 15) is 24.3 Å². The number of benzene rings is 2. The van der Waals surface area contributed by atoms with E-state index in [-0.39, 0.29) is 41.9 Å². The van der Waals surface area contributed by atoms with Gasteiger partial charge in [-0.3, -0.25) is 9.59 Å². The molecule has 0 spiro atoms. The number of methoxy groups -OCH3 is 2. The molecule has 4 fully saturated rings. The second-order valence-electron chi connectivity index (χ2n) is 17.6. The zero-order chi connectivity index (χ0) is 42.0. The fourth-order valence-corrected chi connectivity index (χ4v) is 10.9. The summed E-state index contributed by atoms with van der Waals surface area (Å²) < 4.78 is 9.60. The number of aliphatic hydroxyl groups excluding tert-OH is 1. The molecule has 0 unspecified atom stereocenters. The standard InChI is InChI=1S/C45H54N8O7/c1-22(2)38(50-44(57)59-4)42(55)52-34-10-6-8-26(34)18-36(52)40-46-20-32(48-40)24-12-14-28-30(16-24)29-15-13-25(17-31(28)29)33-21-47-41(49-33)37-19-27-9-7-11-35(27)53(37)43(56)39(23(3)54)51-45(58)60-5/h12-17,20-23,26-27,34-39,54H,6-11,18-19H2,1-5H3,(H,46,48)(H,47,49)(H,50,57)(H,51,58)/t23-,26+,27+,34+,35+,36+,37+,38+,39+/m1/s1. The summed E-state index contributed by atoms with van der Waals surface area (Å²) in [5.41, 5.74) is 8.30. The van der Waals surface area contributed by atoms with E-state index in [0.29, 0.717) is 17.7 Å². The van der Waals surface area contributed by atoms with Crippen LogP contribution in [0, 0.1) is 17.8 Å². The first-order chi connectivity index (χ1) is 28.9. The van der Waals surface area contributed by atoms with Crippen LogP contribution >= 0.6 is 0 Å². The number of amides is 4. The van der Waals surface area contributed by atoms with Crippen LogP contribution < -0.4 is 10.6 Å². The second-order valence-corrected chi connectivity index (χ2v) is 17.6. The van der Waals surface area contributed by atoms with Crippen molar-refractivity contribution in [3.63, 3.8) is 0 Å². The highest BCUT2D eigenvalue weighted by atomic mass is 16.5. The number of nitrogens with one attached hydrogen (secondary N) is 4. The molecular formula is C45H54N8O7. The predicted molar refractivity (Wildman–Crippen MR) is 222 cm³/mol. The van der Waals surface area contributed by atoms with E-state index in [2.05, 4.69) is 57.0 Å². The Morgan fingerprint density at radius 2 is 1.13 bits per heavy atom. The molecule has 9 atom stereocenters. The van der Waals surface area contributed by atoms with Gasteiger partial charge in [0.15, 0.2) is 0 Å². The van der Waals surface area contributed by atoms with Gasteiger partial charge in [-0.25, -0.2) is 19.6 Å². The maximum absolute atomic E-state index is 14.2. The Morgan fingerprint density at radius 1 is 0.683 bits per heavy atom. The number of ether oxygens (including phenoxy) is 2. The highest BCUT2D eigenvalue weighted by Crippen LogP contribution is 2.51. The molecule has 2 aromatic carbocycles. The quantitative estimate of drug-likeness (QED) is 0.105. The third kappa shape index (κ3) is 6.80. The lowest BCUT2D eigenvalue weighted by Gasteiger charge is -2.33. The van der Waals surface area contributed by atoms with E-state index in [0.717, 1.165) is 102 Å². The van der Waals surface area contributed by atoms with Crippen molar-refractivity contribution >= 4 is 24.0 Å². The van der Waals surface area contributed by atoms with Crippen molar-refractivity contribution in [2.24, 2.45) is 17.8 Å². The fourth-order valence-electron chi connectivity index (χ4n) is 10.9. The molecule has 9 rings (SSSR count). The van der Waals surface area contributed by atoms with Crippen LogP contribution in [0.5, 0.6) is 0 Å².